The predicted molar refractivity (Wildman–Crippen MR) is 64.4 cm³/mol. The summed E-state index contributed by atoms with van der Waals surface area (Å²) in [6, 6.07) is 14.5. The van der Waals surface area contributed by atoms with Gasteiger partial charge >= 0.3 is 0 Å². The molecule has 0 saturated carbocycles. The van der Waals surface area contributed by atoms with Gasteiger partial charge in [0, 0.05) is 6.04 Å². The quantitative estimate of drug-likeness (QED) is 0.815. The molecule has 0 fully saturated rings. The fourth-order valence-corrected chi connectivity index (χ4v) is 1.65. The van der Waals surface area contributed by atoms with E-state index in [9.17, 15) is 4.39 Å². The molecule has 2 N–H and O–H groups in total. The van der Waals surface area contributed by atoms with Crippen LogP contribution in [0.2, 0.25) is 0 Å². The zero-order valence-corrected chi connectivity index (χ0v) is 9.15. The minimum absolute atomic E-state index is 0.0292. The lowest BCUT2D eigenvalue weighted by molar-refractivity contribution is 0.628. The fourth-order valence-electron chi connectivity index (χ4n) is 1.65. The first-order valence-corrected chi connectivity index (χ1v) is 5.28. The lowest BCUT2D eigenvalue weighted by Gasteiger charge is -2.07. The maximum atomic E-state index is 13.0. The monoisotopic (exact) mass is 215 g/mol. The summed E-state index contributed by atoms with van der Waals surface area (Å²) < 4.78 is 13.0. The van der Waals surface area contributed by atoms with Crippen LogP contribution in [0.4, 0.5) is 4.39 Å². The van der Waals surface area contributed by atoms with Crippen molar-refractivity contribution in [1.82, 2.24) is 0 Å². The van der Waals surface area contributed by atoms with Crippen LogP contribution in [0, 0.1) is 5.82 Å². The number of hydrogen-bond acceptors (Lipinski definition) is 1. The molecule has 2 aromatic carbocycles. The van der Waals surface area contributed by atoms with Crippen molar-refractivity contribution in [3.05, 3.63) is 59.9 Å². The second-order valence-electron chi connectivity index (χ2n) is 3.92. The molecule has 0 bridgehead atoms. The van der Waals surface area contributed by atoms with Crippen LogP contribution in [0.3, 0.4) is 0 Å². The molecule has 0 aromatic heterocycles. The summed E-state index contributed by atoms with van der Waals surface area (Å²) in [5, 5.41) is 0. The molecule has 0 aliphatic rings. The van der Waals surface area contributed by atoms with Crippen LogP contribution < -0.4 is 5.73 Å². The van der Waals surface area contributed by atoms with Gasteiger partial charge in [-0.15, -0.1) is 0 Å². The summed E-state index contributed by atoms with van der Waals surface area (Å²) in [7, 11) is 0. The zero-order valence-electron chi connectivity index (χ0n) is 9.15. The van der Waals surface area contributed by atoms with Crippen molar-refractivity contribution >= 4 is 0 Å². The molecule has 1 atom stereocenters. The SMILES string of the molecule is CC(N)c1ccc(-c2cccc(F)c2)cc1. The average Bonchev–Trinajstić information content (AvgIpc) is 2.29. The number of benzene rings is 2. The minimum atomic E-state index is -0.214. The van der Waals surface area contributed by atoms with E-state index in [0.29, 0.717) is 0 Å². The van der Waals surface area contributed by atoms with E-state index in [-0.39, 0.29) is 11.9 Å². The smallest absolute Gasteiger partial charge is 0.123 e. The minimum Gasteiger partial charge on any atom is -0.324 e. The van der Waals surface area contributed by atoms with Crippen LogP contribution in [0.15, 0.2) is 48.5 Å². The standard InChI is InChI=1S/C14H14FN/c1-10(16)11-5-7-12(8-6-11)13-3-2-4-14(15)9-13/h2-10H,16H2,1H3. The molecular weight excluding hydrogens is 201 g/mol. The Bertz CT molecular complexity index is 474. The van der Waals surface area contributed by atoms with Gasteiger partial charge in [0.15, 0.2) is 0 Å². The molecule has 2 aromatic rings. The average molecular weight is 215 g/mol. The Morgan fingerprint density at radius 1 is 1.00 bits per heavy atom. The van der Waals surface area contributed by atoms with Crippen LogP contribution >= 0.6 is 0 Å². The first-order chi connectivity index (χ1) is 7.66. The fraction of sp³-hybridized carbons (Fsp3) is 0.143. The summed E-state index contributed by atoms with van der Waals surface area (Å²) in [5.74, 6) is -0.214. The van der Waals surface area contributed by atoms with E-state index in [1.54, 1.807) is 6.07 Å². The molecule has 2 heteroatoms. The van der Waals surface area contributed by atoms with E-state index < -0.39 is 0 Å². The lowest BCUT2D eigenvalue weighted by Crippen LogP contribution is -2.04. The molecule has 82 valence electrons. The number of hydrogen-bond donors (Lipinski definition) is 1. The van der Waals surface area contributed by atoms with Gasteiger partial charge in [0.25, 0.3) is 0 Å². The van der Waals surface area contributed by atoms with E-state index >= 15 is 0 Å². The largest absolute Gasteiger partial charge is 0.324 e. The van der Waals surface area contributed by atoms with E-state index in [2.05, 4.69) is 0 Å². The Labute approximate surface area is 94.7 Å². The van der Waals surface area contributed by atoms with Crippen LogP contribution in [0.1, 0.15) is 18.5 Å². The van der Waals surface area contributed by atoms with Crippen LogP contribution in [0.5, 0.6) is 0 Å². The second kappa shape index (κ2) is 4.45. The number of rotatable bonds is 2. The molecule has 0 spiro atoms. The van der Waals surface area contributed by atoms with Crippen molar-refractivity contribution in [3.8, 4) is 11.1 Å². The third-order valence-corrected chi connectivity index (χ3v) is 2.59. The first-order valence-electron chi connectivity index (χ1n) is 5.28. The van der Waals surface area contributed by atoms with Crippen molar-refractivity contribution in [1.29, 1.82) is 0 Å². The number of halogens is 1. The first kappa shape index (κ1) is 10.8. The van der Waals surface area contributed by atoms with E-state index in [4.69, 9.17) is 5.73 Å². The van der Waals surface area contributed by atoms with E-state index in [0.717, 1.165) is 16.7 Å². The summed E-state index contributed by atoms with van der Waals surface area (Å²) in [4.78, 5) is 0. The van der Waals surface area contributed by atoms with Gasteiger partial charge in [-0.05, 0) is 35.7 Å². The van der Waals surface area contributed by atoms with Crippen molar-refractivity contribution in [2.75, 3.05) is 0 Å². The Morgan fingerprint density at radius 3 is 2.25 bits per heavy atom. The van der Waals surface area contributed by atoms with Gasteiger partial charge in [-0.3, -0.25) is 0 Å². The van der Waals surface area contributed by atoms with Crippen LogP contribution in [-0.2, 0) is 0 Å². The second-order valence-corrected chi connectivity index (χ2v) is 3.92. The third-order valence-electron chi connectivity index (χ3n) is 2.59. The predicted octanol–water partition coefficient (Wildman–Crippen LogP) is 3.51. The van der Waals surface area contributed by atoms with Gasteiger partial charge in [-0.25, -0.2) is 4.39 Å². The molecule has 0 radical (unpaired) electrons. The van der Waals surface area contributed by atoms with Crippen molar-refractivity contribution in [2.24, 2.45) is 5.73 Å². The highest BCUT2D eigenvalue weighted by Crippen LogP contribution is 2.21. The van der Waals surface area contributed by atoms with E-state index in [1.807, 2.05) is 37.3 Å². The summed E-state index contributed by atoms with van der Waals surface area (Å²) >= 11 is 0. The molecule has 0 amide bonds. The maximum absolute atomic E-state index is 13.0. The Kier molecular flexibility index (Phi) is 3.02. The zero-order chi connectivity index (χ0) is 11.5. The normalized spacial score (nSPS) is 12.4. The van der Waals surface area contributed by atoms with Gasteiger partial charge in [0.05, 0.1) is 0 Å². The molecule has 0 aliphatic carbocycles. The topological polar surface area (TPSA) is 26.0 Å². The van der Waals surface area contributed by atoms with Gasteiger partial charge in [0.1, 0.15) is 5.82 Å². The summed E-state index contributed by atoms with van der Waals surface area (Å²) in [6.45, 7) is 1.94. The van der Waals surface area contributed by atoms with Gasteiger partial charge in [-0.2, -0.15) is 0 Å². The molecule has 1 nitrogen and oxygen atoms in total. The maximum Gasteiger partial charge on any atom is 0.123 e. The molecule has 16 heavy (non-hydrogen) atoms. The molecular formula is C14H14FN. The van der Waals surface area contributed by atoms with Crippen LogP contribution in [0.25, 0.3) is 11.1 Å². The van der Waals surface area contributed by atoms with E-state index in [1.165, 1.54) is 12.1 Å². The Balaban J connectivity index is 2.35. The number of nitrogens with two attached hydrogens (primary N) is 1. The highest BCUT2D eigenvalue weighted by Gasteiger charge is 2.01. The highest BCUT2D eigenvalue weighted by molar-refractivity contribution is 5.63. The molecule has 0 aliphatic heterocycles. The van der Waals surface area contributed by atoms with Gasteiger partial charge < -0.3 is 5.73 Å². The Morgan fingerprint density at radius 2 is 1.69 bits per heavy atom. The van der Waals surface area contributed by atoms with Crippen LogP contribution in [-0.4, -0.2) is 0 Å². The summed E-state index contributed by atoms with van der Waals surface area (Å²) in [6.07, 6.45) is 0. The van der Waals surface area contributed by atoms with Crippen molar-refractivity contribution in [3.63, 3.8) is 0 Å². The van der Waals surface area contributed by atoms with Crippen molar-refractivity contribution < 1.29 is 4.39 Å². The molecule has 1 unspecified atom stereocenters. The molecule has 2 rings (SSSR count). The molecule has 0 heterocycles. The summed E-state index contributed by atoms with van der Waals surface area (Å²) in [5.41, 5.74) is 8.74. The van der Waals surface area contributed by atoms with Crippen molar-refractivity contribution in [2.45, 2.75) is 13.0 Å². The Hall–Kier alpha value is -1.67. The van der Waals surface area contributed by atoms with Gasteiger partial charge in [-0.1, -0.05) is 36.4 Å². The third kappa shape index (κ3) is 2.28. The lowest BCUT2D eigenvalue weighted by atomic mass is 10.0. The van der Waals surface area contributed by atoms with Gasteiger partial charge in [0.2, 0.25) is 0 Å². The highest BCUT2D eigenvalue weighted by atomic mass is 19.1. The molecule has 0 saturated heterocycles.